The highest BCUT2D eigenvalue weighted by Gasteiger charge is 2.32. The number of fused-ring (bicyclic) bond motifs is 1. The van der Waals surface area contributed by atoms with Gasteiger partial charge in [0.15, 0.2) is 0 Å². The Labute approximate surface area is 184 Å². The van der Waals surface area contributed by atoms with E-state index in [4.69, 9.17) is 5.73 Å². The fraction of sp³-hybridized carbons (Fsp3) is 0.450. The van der Waals surface area contributed by atoms with E-state index in [9.17, 15) is 18.0 Å². The Hall–Kier alpha value is -2.75. The first-order valence-electron chi connectivity index (χ1n) is 9.85. The summed E-state index contributed by atoms with van der Waals surface area (Å²) in [6.07, 6.45) is -1.06. The van der Waals surface area contributed by atoms with E-state index in [1.807, 2.05) is 0 Å². The smallest absolute Gasteiger partial charge is 0.399 e. The third-order valence-electron chi connectivity index (χ3n) is 5.35. The van der Waals surface area contributed by atoms with Crippen molar-refractivity contribution >= 4 is 41.5 Å². The van der Waals surface area contributed by atoms with E-state index in [-0.39, 0.29) is 41.7 Å². The van der Waals surface area contributed by atoms with Crippen molar-refractivity contribution in [3.63, 3.8) is 0 Å². The summed E-state index contributed by atoms with van der Waals surface area (Å²) in [6.45, 7) is 2.87. The van der Waals surface area contributed by atoms with Crippen molar-refractivity contribution in [1.82, 2.24) is 15.3 Å². The van der Waals surface area contributed by atoms with Gasteiger partial charge < -0.3 is 21.3 Å². The minimum absolute atomic E-state index is 0. The Kier molecular flexibility index (Phi) is 6.49. The van der Waals surface area contributed by atoms with Crippen LogP contribution < -0.4 is 21.3 Å². The summed E-state index contributed by atoms with van der Waals surface area (Å²) in [5.41, 5.74) is 7.01. The lowest BCUT2D eigenvalue weighted by Gasteiger charge is -2.22. The standard InChI is InChI=1S/C20H23F3N6O.ClH/c1-11(30)25-14-5-6-29(10-14)18-16-3-2-4-17(16)27-19(28-18)26-15-8-12(20(21,22)23)7-13(24)9-15;/h7-9,14H,2-6,10,24H2,1H3,(H,25,30)(H,26,27,28);1H. The molecule has 1 amide bonds. The molecular formula is C20H24ClF3N6O. The average Bonchev–Trinajstić information content (AvgIpc) is 3.28. The summed E-state index contributed by atoms with van der Waals surface area (Å²) in [7, 11) is 0. The molecule has 7 nitrogen and oxygen atoms in total. The Bertz CT molecular complexity index is 984. The first-order valence-corrected chi connectivity index (χ1v) is 9.85. The Morgan fingerprint density at radius 1 is 1.23 bits per heavy atom. The normalized spacial score (nSPS) is 17.8. The van der Waals surface area contributed by atoms with Crippen LogP contribution in [-0.2, 0) is 23.8 Å². The van der Waals surface area contributed by atoms with Crippen LogP contribution in [0.2, 0.25) is 0 Å². The third-order valence-corrected chi connectivity index (χ3v) is 5.35. The number of aromatic nitrogens is 2. The molecule has 1 saturated heterocycles. The SMILES string of the molecule is CC(=O)NC1CCN(c2nc(Nc3cc(N)cc(C(F)(F)F)c3)nc3c2CCC3)C1.Cl. The van der Waals surface area contributed by atoms with E-state index in [1.54, 1.807) is 0 Å². The van der Waals surface area contributed by atoms with Crippen LogP contribution in [0.1, 0.15) is 36.6 Å². The number of alkyl halides is 3. The van der Waals surface area contributed by atoms with Crippen molar-refractivity contribution in [1.29, 1.82) is 0 Å². The predicted octanol–water partition coefficient (Wildman–Crippen LogP) is 3.45. The molecule has 2 heterocycles. The van der Waals surface area contributed by atoms with Gasteiger partial charge in [0.05, 0.1) is 11.3 Å². The number of nitrogens with two attached hydrogens (primary N) is 1. The van der Waals surface area contributed by atoms with Gasteiger partial charge in [-0.05, 0) is 43.9 Å². The number of benzene rings is 1. The number of nitrogens with one attached hydrogen (secondary N) is 2. The molecule has 2 aliphatic rings. The maximum Gasteiger partial charge on any atom is 0.416 e. The minimum Gasteiger partial charge on any atom is -0.399 e. The number of nitrogens with zero attached hydrogens (tertiary/aromatic N) is 3. The highest BCUT2D eigenvalue weighted by Crippen LogP contribution is 2.35. The largest absolute Gasteiger partial charge is 0.416 e. The zero-order chi connectivity index (χ0) is 21.5. The summed E-state index contributed by atoms with van der Waals surface area (Å²) >= 11 is 0. The fourth-order valence-corrected chi connectivity index (χ4v) is 4.10. The van der Waals surface area contributed by atoms with Crippen LogP contribution in [0.3, 0.4) is 0 Å². The summed E-state index contributed by atoms with van der Waals surface area (Å²) in [5.74, 6) is 0.958. The van der Waals surface area contributed by atoms with Crippen LogP contribution in [-0.4, -0.2) is 35.0 Å². The van der Waals surface area contributed by atoms with Gasteiger partial charge in [-0.3, -0.25) is 4.79 Å². The van der Waals surface area contributed by atoms with E-state index in [0.717, 1.165) is 61.4 Å². The maximum atomic E-state index is 13.1. The van der Waals surface area contributed by atoms with Gasteiger partial charge in [0.25, 0.3) is 0 Å². The van der Waals surface area contributed by atoms with Crippen molar-refractivity contribution in [2.75, 3.05) is 29.0 Å². The number of aryl methyl sites for hydroxylation is 1. The molecular weight excluding hydrogens is 433 g/mol. The fourth-order valence-electron chi connectivity index (χ4n) is 4.10. The zero-order valence-electron chi connectivity index (χ0n) is 16.9. The number of halogens is 4. The first kappa shape index (κ1) is 22.9. The molecule has 4 rings (SSSR count). The van der Waals surface area contributed by atoms with E-state index in [2.05, 4.69) is 25.5 Å². The molecule has 0 radical (unpaired) electrons. The number of carbonyl (C=O) groups excluding carboxylic acids is 1. The average molecular weight is 457 g/mol. The summed E-state index contributed by atoms with van der Waals surface area (Å²) in [4.78, 5) is 22.6. The molecule has 31 heavy (non-hydrogen) atoms. The minimum atomic E-state index is -4.50. The molecule has 0 spiro atoms. The van der Waals surface area contributed by atoms with Gasteiger partial charge in [0, 0.05) is 43.0 Å². The van der Waals surface area contributed by atoms with Gasteiger partial charge >= 0.3 is 6.18 Å². The molecule has 11 heteroatoms. The Morgan fingerprint density at radius 2 is 2.00 bits per heavy atom. The lowest BCUT2D eigenvalue weighted by molar-refractivity contribution is -0.137. The lowest BCUT2D eigenvalue weighted by Crippen LogP contribution is -2.36. The molecule has 168 valence electrons. The second kappa shape index (κ2) is 8.78. The van der Waals surface area contributed by atoms with Crippen LogP contribution in [0, 0.1) is 0 Å². The summed E-state index contributed by atoms with van der Waals surface area (Å²) < 4.78 is 39.3. The topological polar surface area (TPSA) is 96.2 Å². The molecule has 1 aliphatic heterocycles. The van der Waals surface area contributed by atoms with E-state index in [0.29, 0.717) is 6.54 Å². The van der Waals surface area contributed by atoms with Crippen molar-refractivity contribution in [3.8, 4) is 0 Å². The summed E-state index contributed by atoms with van der Waals surface area (Å²) in [6, 6.07) is 3.37. The van der Waals surface area contributed by atoms with Gasteiger partial charge in [0.2, 0.25) is 11.9 Å². The van der Waals surface area contributed by atoms with Crippen LogP contribution in [0.5, 0.6) is 0 Å². The molecule has 4 N–H and O–H groups in total. The van der Waals surface area contributed by atoms with Crippen molar-refractivity contribution in [3.05, 3.63) is 35.0 Å². The molecule has 1 aliphatic carbocycles. The molecule has 0 bridgehead atoms. The third kappa shape index (κ3) is 5.12. The molecule has 1 aromatic carbocycles. The number of hydrogen-bond donors (Lipinski definition) is 3. The monoisotopic (exact) mass is 456 g/mol. The molecule has 2 aromatic rings. The van der Waals surface area contributed by atoms with Crippen molar-refractivity contribution in [2.24, 2.45) is 0 Å². The predicted molar refractivity (Wildman–Crippen MR) is 115 cm³/mol. The number of rotatable bonds is 4. The quantitative estimate of drug-likeness (QED) is 0.610. The number of carbonyl (C=O) groups is 1. The van der Waals surface area contributed by atoms with Gasteiger partial charge in [-0.1, -0.05) is 0 Å². The van der Waals surface area contributed by atoms with Crippen molar-refractivity contribution in [2.45, 2.75) is 44.8 Å². The number of anilines is 4. The van der Waals surface area contributed by atoms with E-state index >= 15 is 0 Å². The lowest BCUT2D eigenvalue weighted by atomic mass is 10.1. The molecule has 1 aromatic heterocycles. The zero-order valence-corrected chi connectivity index (χ0v) is 17.7. The second-order valence-electron chi connectivity index (χ2n) is 7.75. The van der Waals surface area contributed by atoms with Gasteiger partial charge in [-0.15, -0.1) is 12.4 Å². The van der Waals surface area contributed by atoms with Gasteiger partial charge in [-0.2, -0.15) is 18.2 Å². The van der Waals surface area contributed by atoms with Gasteiger partial charge in [0.1, 0.15) is 5.82 Å². The van der Waals surface area contributed by atoms with E-state index < -0.39 is 11.7 Å². The maximum absolute atomic E-state index is 13.1. The first-order chi connectivity index (χ1) is 14.2. The molecule has 1 fully saturated rings. The van der Waals surface area contributed by atoms with Crippen LogP contribution in [0.25, 0.3) is 0 Å². The van der Waals surface area contributed by atoms with Crippen LogP contribution in [0.4, 0.5) is 36.3 Å². The Morgan fingerprint density at radius 3 is 2.71 bits per heavy atom. The van der Waals surface area contributed by atoms with Crippen LogP contribution >= 0.6 is 12.4 Å². The molecule has 1 unspecified atom stereocenters. The second-order valence-corrected chi connectivity index (χ2v) is 7.75. The highest BCUT2D eigenvalue weighted by molar-refractivity contribution is 5.85. The number of nitrogen functional groups attached to an aromatic ring is 1. The van der Waals surface area contributed by atoms with Crippen LogP contribution in [0.15, 0.2) is 18.2 Å². The van der Waals surface area contributed by atoms with Gasteiger partial charge in [-0.25, -0.2) is 4.98 Å². The number of hydrogen-bond acceptors (Lipinski definition) is 6. The Balaban J connectivity index is 0.00000272. The molecule has 1 atom stereocenters. The van der Waals surface area contributed by atoms with E-state index in [1.165, 1.54) is 13.0 Å². The summed E-state index contributed by atoms with van der Waals surface area (Å²) in [5, 5.41) is 5.83. The molecule has 0 saturated carbocycles. The number of amides is 1. The highest BCUT2D eigenvalue weighted by atomic mass is 35.5. The van der Waals surface area contributed by atoms with Crippen molar-refractivity contribution < 1.29 is 18.0 Å².